The van der Waals surface area contributed by atoms with Gasteiger partial charge in [0, 0.05) is 35.3 Å². The van der Waals surface area contributed by atoms with E-state index in [4.69, 9.17) is 10.7 Å². The number of nitrogen functional groups attached to an aromatic ring is 1. The molecule has 2 aromatic heterocycles. The summed E-state index contributed by atoms with van der Waals surface area (Å²) in [4.78, 5) is 26.8. The predicted molar refractivity (Wildman–Crippen MR) is 102 cm³/mol. The molecule has 0 saturated carbocycles. The zero-order valence-corrected chi connectivity index (χ0v) is 15.7. The highest BCUT2D eigenvalue weighted by atomic mass is 79.9. The first-order valence-corrected chi connectivity index (χ1v) is 9.56. The van der Waals surface area contributed by atoms with E-state index in [0.717, 1.165) is 39.5 Å². The summed E-state index contributed by atoms with van der Waals surface area (Å²) in [5.74, 6) is 0.586. The number of aromatic nitrogens is 3. The van der Waals surface area contributed by atoms with E-state index in [9.17, 15) is 4.79 Å². The molecular formula is C17H16BrN5OS. The highest BCUT2D eigenvalue weighted by Crippen LogP contribution is 2.22. The van der Waals surface area contributed by atoms with Gasteiger partial charge in [0.2, 0.25) is 0 Å². The van der Waals surface area contributed by atoms with Crippen molar-refractivity contribution in [3.63, 3.8) is 0 Å². The Hall–Kier alpha value is -2.03. The van der Waals surface area contributed by atoms with E-state index in [0.29, 0.717) is 24.5 Å². The molecule has 8 heteroatoms. The second kappa shape index (κ2) is 6.70. The van der Waals surface area contributed by atoms with Crippen LogP contribution in [0.1, 0.15) is 16.3 Å². The van der Waals surface area contributed by atoms with Crippen molar-refractivity contribution in [3.05, 3.63) is 60.9 Å². The Balaban J connectivity index is 1.62. The fourth-order valence-electron chi connectivity index (χ4n) is 2.96. The molecule has 6 nitrogen and oxygen atoms in total. The third kappa shape index (κ3) is 3.51. The minimum atomic E-state index is -0.0477. The third-order valence-electron chi connectivity index (χ3n) is 4.22. The molecule has 0 fully saturated rings. The number of halogens is 1. The summed E-state index contributed by atoms with van der Waals surface area (Å²) < 4.78 is 0.866. The van der Waals surface area contributed by atoms with E-state index in [1.54, 1.807) is 23.5 Å². The zero-order chi connectivity index (χ0) is 17.4. The van der Waals surface area contributed by atoms with Crippen molar-refractivity contribution in [2.75, 3.05) is 12.3 Å². The van der Waals surface area contributed by atoms with Crippen LogP contribution in [0.25, 0.3) is 11.4 Å². The van der Waals surface area contributed by atoms with Gasteiger partial charge in [-0.25, -0.2) is 9.97 Å². The average molecular weight is 418 g/mol. The van der Waals surface area contributed by atoms with Crippen LogP contribution in [0.3, 0.4) is 0 Å². The summed E-state index contributed by atoms with van der Waals surface area (Å²) in [7, 11) is 0. The Kier molecular flexibility index (Phi) is 4.41. The van der Waals surface area contributed by atoms with Crippen LogP contribution >= 0.6 is 27.3 Å². The number of aromatic amines is 1. The van der Waals surface area contributed by atoms with Crippen molar-refractivity contribution in [1.82, 2.24) is 19.9 Å². The van der Waals surface area contributed by atoms with E-state index in [1.807, 2.05) is 17.5 Å². The van der Waals surface area contributed by atoms with Gasteiger partial charge in [-0.05, 0) is 46.6 Å². The number of anilines is 1. The van der Waals surface area contributed by atoms with Crippen molar-refractivity contribution >= 4 is 33.0 Å². The lowest BCUT2D eigenvalue weighted by atomic mass is 10.1. The van der Waals surface area contributed by atoms with Gasteiger partial charge >= 0.3 is 0 Å². The summed E-state index contributed by atoms with van der Waals surface area (Å²) in [5.41, 5.74) is 8.86. The standard InChI is InChI=1S/C17H16BrN5OS/c18-14-9-25-15(21-14)8-23-6-5-12-13(7-23)20-16(22-17(12)24)10-1-3-11(19)4-2-10/h1-4,9H,5-8,19H2,(H,20,22,24). The van der Waals surface area contributed by atoms with Gasteiger partial charge in [0.15, 0.2) is 0 Å². The average Bonchev–Trinajstić information content (AvgIpc) is 3.00. The molecule has 1 aliphatic rings. The topological polar surface area (TPSA) is 87.9 Å². The molecule has 0 unspecified atom stereocenters. The molecule has 3 N–H and O–H groups in total. The van der Waals surface area contributed by atoms with Gasteiger partial charge in [0.25, 0.3) is 5.56 Å². The molecule has 128 valence electrons. The van der Waals surface area contributed by atoms with E-state index in [2.05, 4.69) is 30.8 Å². The fraction of sp³-hybridized carbons (Fsp3) is 0.235. The van der Waals surface area contributed by atoms with Gasteiger partial charge in [-0.15, -0.1) is 11.3 Å². The molecule has 0 spiro atoms. The van der Waals surface area contributed by atoms with Crippen LogP contribution in [0.2, 0.25) is 0 Å². The molecule has 0 radical (unpaired) electrons. The molecule has 3 heterocycles. The summed E-state index contributed by atoms with van der Waals surface area (Å²) in [6.45, 7) is 2.25. The van der Waals surface area contributed by atoms with Crippen LogP contribution < -0.4 is 11.3 Å². The summed E-state index contributed by atoms with van der Waals surface area (Å²) in [5, 5.41) is 3.04. The first kappa shape index (κ1) is 16.4. The highest BCUT2D eigenvalue weighted by molar-refractivity contribution is 9.10. The molecule has 0 saturated heterocycles. The molecule has 1 aliphatic heterocycles. The molecule has 3 aromatic rings. The Morgan fingerprint density at radius 2 is 2.08 bits per heavy atom. The maximum atomic E-state index is 12.4. The normalized spacial score (nSPS) is 14.4. The lowest BCUT2D eigenvalue weighted by Crippen LogP contribution is -2.35. The zero-order valence-electron chi connectivity index (χ0n) is 13.3. The van der Waals surface area contributed by atoms with Gasteiger partial charge in [0.05, 0.1) is 12.2 Å². The van der Waals surface area contributed by atoms with E-state index < -0.39 is 0 Å². The van der Waals surface area contributed by atoms with E-state index in [1.165, 1.54) is 0 Å². The van der Waals surface area contributed by atoms with Crippen molar-refractivity contribution in [3.8, 4) is 11.4 Å². The molecule has 0 aliphatic carbocycles. The van der Waals surface area contributed by atoms with Crippen LogP contribution in [0.5, 0.6) is 0 Å². The van der Waals surface area contributed by atoms with Gasteiger partial charge in [-0.3, -0.25) is 9.69 Å². The van der Waals surface area contributed by atoms with Crippen LogP contribution in [-0.4, -0.2) is 26.4 Å². The maximum absolute atomic E-state index is 12.4. The van der Waals surface area contributed by atoms with Crippen molar-refractivity contribution < 1.29 is 0 Å². The van der Waals surface area contributed by atoms with Gasteiger partial charge in [0.1, 0.15) is 15.4 Å². The number of fused-ring (bicyclic) bond motifs is 1. The van der Waals surface area contributed by atoms with Crippen LogP contribution in [0, 0.1) is 0 Å². The van der Waals surface area contributed by atoms with Gasteiger partial charge in [-0.1, -0.05) is 0 Å². The van der Waals surface area contributed by atoms with Crippen LogP contribution in [0.15, 0.2) is 39.0 Å². The summed E-state index contributed by atoms with van der Waals surface area (Å²) in [6, 6.07) is 7.35. The van der Waals surface area contributed by atoms with E-state index in [-0.39, 0.29) is 5.56 Å². The number of thiazole rings is 1. The third-order valence-corrected chi connectivity index (χ3v) is 5.76. The molecule has 0 amide bonds. The predicted octanol–water partition coefficient (Wildman–Crippen LogP) is 2.80. The number of nitrogens with one attached hydrogen (secondary N) is 1. The Morgan fingerprint density at radius 3 is 2.80 bits per heavy atom. The largest absolute Gasteiger partial charge is 0.399 e. The lowest BCUT2D eigenvalue weighted by Gasteiger charge is -2.26. The van der Waals surface area contributed by atoms with Gasteiger partial charge in [-0.2, -0.15) is 0 Å². The first-order chi connectivity index (χ1) is 12.1. The SMILES string of the molecule is Nc1ccc(-c2nc3c(c(=O)[nH]2)CCN(Cc2nc(Br)cs2)C3)cc1. The lowest BCUT2D eigenvalue weighted by molar-refractivity contribution is 0.240. The number of benzene rings is 1. The van der Waals surface area contributed by atoms with Gasteiger partial charge < -0.3 is 10.7 Å². The van der Waals surface area contributed by atoms with Crippen molar-refractivity contribution in [2.45, 2.75) is 19.5 Å². The highest BCUT2D eigenvalue weighted by Gasteiger charge is 2.22. The number of rotatable bonds is 3. The molecule has 4 rings (SSSR count). The number of hydrogen-bond acceptors (Lipinski definition) is 6. The quantitative estimate of drug-likeness (QED) is 0.639. The summed E-state index contributed by atoms with van der Waals surface area (Å²) in [6.07, 6.45) is 0.701. The molecular weight excluding hydrogens is 402 g/mol. The molecule has 25 heavy (non-hydrogen) atoms. The van der Waals surface area contributed by atoms with E-state index >= 15 is 0 Å². The first-order valence-electron chi connectivity index (χ1n) is 7.89. The minimum Gasteiger partial charge on any atom is -0.399 e. The monoisotopic (exact) mass is 417 g/mol. The maximum Gasteiger partial charge on any atom is 0.254 e. The summed E-state index contributed by atoms with van der Waals surface area (Å²) >= 11 is 5.02. The Bertz CT molecular complexity index is 966. The second-order valence-electron chi connectivity index (χ2n) is 5.99. The smallest absolute Gasteiger partial charge is 0.254 e. The second-order valence-corrected chi connectivity index (χ2v) is 7.74. The van der Waals surface area contributed by atoms with Crippen LogP contribution in [0.4, 0.5) is 5.69 Å². The fourth-order valence-corrected chi connectivity index (χ4v) is 4.26. The molecule has 1 aromatic carbocycles. The molecule has 0 atom stereocenters. The number of nitrogens with two attached hydrogens (primary N) is 1. The Labute approximate surface area is 156 Å². The van der Waals surface area contributed by atoms with Crippen molar-refractivity contribution in [2.24, 2.45) is 0 Å². The number of hydrogen-bond donors (Lipinski definition) is 2. The molecule has 0 bridgehead atoms. The van der Waals surface area contributed by atoms with Crippen LogP contribution in [-0.2, 0) is 19.5 Å². The van der Waals surface area contributed by atoms with Crippen molar-refractivity contribution in [1.29, 1.82) is 0 Å². The Morgan fingerprint density at radius 1 is 1.28 bits per heavy atom. The number of nitrogens with zero attached hydrogens (tertiary/aromatic N) is 3. The minimum absolute atomic E-state index is 0.0477. The number of H-pyrrole nitrogens is 1.